The Labute approximate surface area is 209 Å². The molecule has 34 heavy (non-hydrogen) atoms. The van der Waals surface area contributed by atoms with E-state index >= 15 is 0 Å². The Bertz CT molecular complexity index is 980. The molecule has 0 radical (unpaired) electrons. The topological polar surface area (TPSA) is 89.6 Å². The Balaban J connectivity index is 1.82. The van der Waals surface area contributed by atoms with Crippen LogP contribution >= 0.6 is 20.8 Å². The summed E-state index contributed by atoms with van der Waals surface area (Å²) >= 11 is 4.40. The molecule has 3 aromatic carbocycles. The number of hydrogen-bond acceptors (Lipinski definition) is 4. The molecule has 0 aliphatic heterocycles. The molecule has 3 aromatic rings. The number of hydrogen-bond donors (Lipinski definition) is 2. The van der Waals surface area contributed by atoms with E-state index in [0.717, 1.165) is 12.6 Å². The number of carboxylic acids is 1. The van der Waals surface area contributed by atoms with Gasteiger partial charge in [-0.25, -0.2) is 0 Å². The summed E-state index contributed by atoms with van der Waals surface area (Å²) in [6.45, 7) is 0.247. The molecule has 180 valence electrons. The summed E-state index contributed by atoms with van der Waals surface area (Å²) < 4.78 is 5.34. The van der Waals surface area contributed by atoms with Gasteiger partial charge in [0.2, 0.25) is 0 Å². The van der Waals surface area contributed by atoms with Gasteiger partial charge in [0, 0.05) is 0 Å². The van der Waals surface area contributed by atoms with Crippen LogP contribution in [0, 0.1) is 0 Å². The van der Waals surface area contributed by atoms with Gasteiger partial charge < -0.3 is 0 Å². The standard InChI is InChI=1S/C27H31BrNO4P/c28-34(22-12-4-1-5-13-22,23-14-6-2-7-15-23,24-16-8-3-9-17-24)21-11-10-20-33-27(32)25(29)18-19-26(30)31/h1-9,12-17,25H,10-11,18-21,29H2,(H,30,31)/t25-/m0/s1. The molecule has 0 saturated carbocycles. The van der Waals surface area contributed by atoms with Gasteiger partial charge in [-0.2, -0.15) is 0 Å². The van der Waals surface area contributed by atoms with Gasteiger partial charge in [0.05, 0.1) is 0 Å². The van der Waals surface area contributed by atoms with Gasteiger partial charge in [0.1, 0.15) is 0 Å². The van der Waals surface area contributed by atoms with Crippen molar-refractivity contribution in [3.05, 3.63) is 91.0 Å². The van der Waals surface area contributed by atoms with Crippen molar-refractivity contribution in [3.63, 3.8) is 0 Å². The van der Waals surface area contributed by atoms with Gasteiger partial charge in [-0.05, 0) is 0 Å². The molecule has 0 amide bonds. The van der Waals surface area contributed by atoms with Crippen LogP contribution in [0.15, 0.2) is 91.0 Å². The normalized spacial score (nSPS) is 13.4. The summed E-state index contributed by atoms with van der Waals surface area (Å²) in [6.07, 6.45) is 2.26. The van der Waals surface area contributed by atoms with E-state index in [9.17, 15) is 9.59 Å². The summed E-state index contributed by atoms with van der Waals surface area (Å²) in [5, 5.41) is 9.53. The number of ether oxygens (including phenoxy) is 1. The summed E-state index contributed by atoms with van der Waals surface area (Å²) in [5.74, 6) is -1.53. The van der Waals surface area contributed by atoms with Gasteiger partial charge >= 0.3 is 209 Å². The molecule has 3 rings (SSSR count). The number of halogens is 1. The Hall–Kier alpha value is -2.53. The number of aliphatic carboxylic acids is 1. The molecule has 0 aromatic heterocycles. The average molecular weight is 544 g/mol. The van der Waals surface area contributed by atoms with E-state index in [4.69, 9.17) is 15.6 Å². The third kappa shape index (κ3) is 5.75. The number of benzene rings is 3. The predicted octanol–water partition coefficient (Wildman–Crippen LogP) is 4.34. The van der Waals surface area contributed by atoms with Gasteiger partial charge in [-0.3, -0.25) is 0 Å². The zero-order chi connectivity index (χ0) is 24.5. The summed E-state index contributed by atoms with van der Waals surface area (Å²) in [5.41, 5.74) is 5.76. The van der Waals surface area contributed by atoms with Crippen LogP contribution in [-0.2, 0) is 14.3 Å². The molecular weight excluding hydrogens is 513 g/mol. The van der Waals surface area contributed by atoms with E-state index in [0.29, 0.717) is 6.42 Å². The first-order valence-corrected chi connectivity index (χ1v) is 15.8. The SMILES string of the molecule is N[C@@H](CCC(=O)O)C(=O)OCCCCP(Br)(c1ccccc1)(c1ccccc1)c1ccccc1. The average Bonchev–Trinajstić information content (AvgIpc) is 2.88. The van der Waals surface area contributed by atoms with Gasteiger partial charge in [-0.1, -0.05) is 0 Å². The van der Waals surface area contributed by atoms with Crippen LogP contribution in [0.4, 0.5) is 0 Å². The van der Waals surface area contributed by atoms with Crippen molar-refractivity contribution in [2.45, 2.75) is 31.7 Å². The monoisotopic (exact) mass is 543 g/mol. The number of carboxylic acid groups (broad SMARTS) is 1. The zero-order valence-electron chi connectivity index (χ0n) is 19.1. The third-order valence-corrected chi connectivity index (χ3v) is 16.1. The molecule has 0 saturated heterocycles. The fraction of sp³-hybridized carbons (Fsp3) is 0.259. The fourth-order valence-corrected chi connectivity index (χ4v) is 12.0. The molecule has 0 heterocycles. The Morgan fingerprint density at radius 2 is 1.26 bits per heavy atom. The van der Waals surface area contributed by atoms with E-state index in [1.54, 1.807) is 0 Å². The van der Waals surface area contributed by atoms with Crippen LogP contribution in [0.5, 0.6) is 0 Å². The second-order valence-corrected chi connectivity index (χ2v) is 17.4. The molecular formula is C27H31BrNO4P. The van der Waals surface area contributed by atoms with Crippen LogP contribution in [0.1, 0.15) is 25.7 Å². The molecule has 1 atom stereocenters. The van der Waals surface area contributed by atoms with Crippen LogP contribution in [0.3, 0.4) is 0 Å². The van der Waals surface area contributed by atoms with E-state index in [2.05, 4.69) is 88.3 Å². The van der Waals surface area contributed by atoms with E-state index in [1.165, 1.54) is 15.9 Å². The Morgan fingerprint density at radius 1 is 0.824 bits per heavy atom. The van der Waals surface area contributed by atoms with Gasteiger partial charge in [0.15, 0.2) is 0 Å². The number of nitrogens with two attached hydrogens (primary N) is 1. The van der Waals surface area contributed by atoms with Crippen molar-refractivity contribution in [2.75, 3.05) is 12.8 Å². The zero-order valence-corrected chi connectivity index (χ0v) is 21.5. The first-order chi connectivity index (χ1) is 16.4. The molecule has 0 spiro atoms. The van der Waals surface area contributed by atoms with Crippen molar-refractivity contribution < 1.29 is 19.4 Å². The van der Waals surface area contributed by atoms with E-state index < -0.39 is 23.3 Å². The maximum absolute atomic E-state index is 12.1. The van der Waals surface area contributed by atoms with Crippen LogP contribution in [-0.4, -0.2) is 35.9 Å². The van der Waals surface area contributed by atoms with Crippen molar-refractivity contribution in [1.29, 1.82) is 0 Å². The second kappa shape index (κ2) is 11.7. The summed E-state index contributed by atoms with van der Waals surface area (Å²) in [4.78, 5) is 22.8. The first-order valence-electron chi connectivity index (χ1n) is 11.4. The molecule has 0 bridgehead atoms. The quantitative estimate of drug-likeness (QED) is 0.201. The molecule has 0 fully saturated rings. The van der Waals surface area contributed by atoms with Crippen molar-refractivity contribution >= 4 is 48.6 Å². The number of rotatable bonds is 12. The van der Waals surface area contributed by atoms with Gasteiger partial charge in [0.25, 0.3) is 0 Å². The first kappa shape index (κ1) is 26.1. The molecule has 7 heteroatoms. The van der Waals surface area contributed by atoms with Crippen LogP contribution in [0.2, 0.25) is 0 Å². The third-order valence-electron chi connectivity index (χ3n) is 6.07. The predicted molar refractivity (Wildman–Crippen MR) is 144 cm³/mol. The Kier molecular flexibility index (Phi) is 9.01. The van der Waals surface area contributed by atoms with Crippen molar-refractivity contribution in [3.8, 4) is 0 Å². The fourth-order valence-electron chi connectivity index (χ4n) is 4.24. The maximum atomic E-state index is 12.1. The molecule has 3 N–H and O–H groups in total. The van der Waals surface area contributed by atoms with Crippen LogP contribution < -0.4 is 21.6 Å². The molecule has 0 aliphatic rings. The molecule has 5 nitrogen and oxygen atoms in total. The number of carbonyl (C=O) groups excluding carboxylic acids is 1. The van der Waals surface area contributed by atoms with Crippen molar-refractivity contribution in [1.82, 2.24) is 0 Å². The van der Waals surface area contributed by atoms with Gasteiger partial charge in [-0.15, -0.1) is 0 Å². The summed E-state index contributed by atoms with van der Waals surface area (Å²) in [7, 11) is 0. The van der Waals surface area contributed by atoms with E-state index in [-0.39, 0.29) is 19.4 Å². The minimum atomic E-state index is -2.98. The van der Waals surface area contributed by atoms with E-state index in [1.807, 2.05) is 18.2 Å². The van der Waals surface area contributed by atoms with Crippen LogP contribution in [0.25, 0.3) is 0 Å². The molecule has 0 unspecified atom stereocenters. The minimum absolute atomic E-state index is 0.0717. The summed E-state index contributed by atoms with van der Waals surface area (Å²) in [6, 6.07) is 30.7. The number of unbranched alkanes of at least 4 members (excludes halogenated alkanes) is 1. The Morgan fingerprint density at radius 3 is 1.68 bits per heavy atom. The van der Waals surface area contributed by atoms with Crippen molar-refractivity contribution in [2.24, 2.45) is 5.73 Å². The second-order valence-electron chi connectivity index (χ2n) is 8.33. The number of carbonyl (C=O) groups is 2. The molecule has 0 aliphatic carbocycles. The number of esters is 1.